The minimum atomic E-state index is -0.405. The standard InChI is InChI=1S/C16H21NO/c1-11-6-13(3)14(7-12(11)2)16(9-18-10-16)15(4,5)8-17/h6-7H,9-10H2,1-5H3. The molecule has 0 bridgehead atoms. The van der Waals surface area contributed by atoms with Crippen LogP contribution in [0.4, 0.5) is 0 Å². The Morgan fingerprint density at radius 1 is 1.11 bits per heavy atom. The van der Waals surface area contributed by atoms with Gasteiger partial charge >= 0.3 is 0 Å². The van der Waals surface area contributed by atoms with Gasteiger partial charge in [-0.05, 0) is 56.9 Å². The third kappa shape index (κ3) is 1.66. The Morgan fingerprint density at radius 3 is 2.11 bits per heavy atom. The third-order valence-corrected chi connectivity index (χ3v) is 4.53. The first kappa shape index (κ1) is 13.1. The Labute approximate surface area is 110 Å². The fourth-order valence-electron chi connectivity index (χ4n) is 2.74. The summed E-state index contributed by atoms with van der Waals surface area (Å²) in [5, 5.41) is 9.47. The molecule has 0 aliphatic carbocycles. The van der Waals surface area contributed by atoms with Crippen LogP contribution in [0.3, 0.4) is 0 Å². The number of benzene rings is 1. The lowest BCUT2D eigenvalue weighted by atomic mass is 9.60. The number of rotatable bonds is 2. The maximum absolute atomic E-state index is 9.47. The highest BCUT2D eigenvalue weighted by Crippen LogP contribution is 2.48. The van der Waals surface area contributed by atoms with E-state index in [2.05, 4.69) is 39.0 Å². The molecule has 0 saturated carbocycles. The summed E-state index contributed by atoms with van der Waals surface area (Å²) in [4.78, 5) is 0. The molecular weight excluding hydrogens is 222 g/mol. The Bertz CT molecular complexity index is 519. The largest absolute Gasteiger partial charge is 0.379 e. The zero-order chi connectivity index (χ0) is 13.6. The molecule has 0 N–H and O–H groups in total. The molecule has 0 spiro atoms. The minimum absolute atomic E-state index is 0.149. The Hall–Kier alpha value is -1.33. The second kappa shape index (κ2) is 4.10. The van der Waals surface area contributed by atoms with E-state index in [1.165, 1.54) is 22.3 Å². The van der Waals surface area contributed by atoms with Gasteiger partial charge in [0.15, 0.2) is 0 Å². The number of nitriles is 1. The molecule has 1 saturated heterocycles. The van der Waals surface area contributed by atoms with Gasteiger partial charge in [0.2, 0.25) is 0 Å². The summed E-state index contributed by atoms with van der Waals surface area (Å²) in [6, 6.07) is 6.93. The fourth-order valence-corrected chi connectivity index (χ4v) is 2.74. The first-order chi connectivity index (χ1) is 8.34. The molecule has 96 valence electrons. The summed E-state index contributed by atoms with van der Waals surface area (Å²) < 4.78 is 5.45. The van der Waals surface area contributed by atoms with Crippen molar-refractivity contribution in [2.75, 3.05) is 13.2 Å². The lowest BCUT2D eigenvalue weighted by Crippen LogP contribution is -2.56. The lowest BCUT2D eigenvalue weighted by molar-refractivity contribution is -0.103. The SMILES string of the molecule is Cc1cc(C)c(C2(C(C)(C)C#N)COC2)cc1C. The smallest absolute Gasteiger partial charge is 0.0695 e. The molecule has 0 atom stereocenters. The van der Waals surface area contributed by atoms with Crippen molar-refractivity contribution < 1.29 is 4.74 Å². The Kier molecular flexibility index (Phi) is 2.99. The van der Waals surface area contributed by atoms with Crippen molar-refractivity contribution in [3.8, 4) is 6.07 Å². The molecule has 1 heterocycles. The molecule has 0 radical (unpaired) electrons. The van der Waals surface area contributed by atoms with Gasteiger partial charge in [0.1, 0.15) is 0 Å². The molecule has 0 unspecified atom stereocenters. The van der Waals surface area contributed by atoms with Gasteiger partial charge in [0.25, 0.3) is 0 Å². The van der Waals surface area contributed by atoms with Crippen molar-refractivity contribution in [3.63, 3.8) is 0 Å². The van der Waals surface area contributed by atoms with Crippen LogP contribution in [0.2, 0.25) is 0 Å². The molecule has 0 aromatic heterocycles. The molecule has 1 aliphatic heterocycles. The van der Waals surface area contributed by atoms with Crippen LogP contribution in [0.5, 0.6) is 0 Å². The molecule has 0 amide bonds. The first-order valence-electron chi connectivity index (χ1n) is 6.41. The van der Waals surface area contributed by atoms with Gasteiger partial charge in [-0.15, -0.1) is 0 Å². The summed E-state index contributed by atoms with van der Waals surface area (Å²) in [6.07, 6.45) is 0. The highest BCUT2D eigenvalue weighted by Gasteiger charge is 2.53. The van der Waals surface area contributed by atoms with E-state index in [1.54, 1.807) is 0 Å². The molecule has 2 heteroatoms. The van der Waals surface area contributed by atoms with Gasteiger partial charge in [0, 0.05) is 0 Å². The summed E-state index contributed by atoms with van der Waals surface area (Å²) in [5.74, 6) is 0. The number of hydrogen-bond acceptors (Lipinski definition) is 2. The first-order valence-corrected chi connectivity index (χ1v) is 6.41. The van der Waals surface area contributed by atoms with Crippen LogP contribution in [-0.2, 0) is 10.2 Å². The summed E-state index contributed by atoms with van der Waals surface area (Å²) in [7, 11) is 0. The summed E-state index contributed by atoms with van der Waals surface area (Å²) >= 11 is 0. The predicted octanol–water partition coefficient (Wildman–Crippen LogP) is 3.43. The van der Waals surface area contributed by atoms with E-state index < -0.39 is 5.41 Å². The van der Waals surface area contributed by atoms with E-state index in [1.807, 2.05) is 13.8 Å². The Balaban J connectivity index is 2.60. The van der Waals surface area contributed by atoms with Gasteiger partial charge in [-0.2, -0.15) is 5.26 Å². The molecule has 1 aliphatic rings. The van der Waals surface area contributed by atoms with Crippen LogP contribution in [0.1, 0.15) is 36.1 Å². The van der Waals surface area contributed by atoms with E-state index >= 15 is 0 Å². The van der Waals surface area contributed by atoms with E-state index in [-0.39, 0.29) is 5.41 Å². The van der Waals surface area contributed by atoms with Crippen LogP contribution >= 0.6 is 0 Å². The molecular formula is C16H21NO. The number of nitrogens with zero attached hydrogens (tertiary/aromatic N) is 1. The zero-order valence-electron chi connectivity index (χ0n) is 11.9. The second-order valence-corrected chi connectivity index (χ2v) is 6.06. The predicted molar refractivity (Wildman–Crippen MR) is 72.5 cm³/mol. The van der Waals surface area contributed by atoms with E-state index in [4.69, 9.17) is 4.74 Å². The number of aryl methyl sites for hydroxylation is 3. The monoisotopic (exact) mass is 243 g/mol. The van der Waals surface area contributed by atoms with Gasteiger partial charge in [-0.3, -0.25) is 0 Å². The highest BCUT2D eigenvalue weighted by atomic mass is 16.5. The van der Waals surface area contributed by atoms with E-state index in [0.717, 1.165) is 0 Å². The second-order valence-electron chi connectivity index (χ2n) is 6.06. The van der Waals surface area contributed by atoms with Gasteiger partial charge in [0.05, 0.1) is 30.1 Å². The molecule has 1 fully saturated rings. The van der Waals surface area contributed by atoms with Crippen molar-refractivity contribution >= 4 is 0 Å². The average molecular weight is 243 g/mol. The molecule has 2 rings (SSSR count). The Morgan fingerprint density at radius 2 is 1.67 bits per heavy atom. The highest BCUT2D eigenvalue weighted by molar-refractivity contribution is 5.44. The normalized spacial score (nSPS) is 18.0. The van der Waals surface area contributed by atoms with Gasteiger partial charge < -0.3 is 4.74 Å². The van der Waals surface area contributed by atoms with Crippen LogP contribution in [0, 0.1) is 37.5 Å². The maximum atomic E-state index is 9.47. The van der Waals surface area contributed by atoms with Gasteiger partial charge in [-0.25, -0.2) is 0 Å². The van der Waals surface area contributed by atoms with Crippen LogP contribution in [0.15, 0.2) is 12.1 Å². The van der Waals surface area contributed by atoms with E-state index in [0.29, 0.717) is 13.2 Å². The maximum Gasteiger partial charge on any atom is 0.0695 e. The zero-order valence-corrected chi connectivity index (χ0v) is 11.9. The molecule has 1 aromatic carbocycles. The summed E-state index contributed by atoms with van der Waals surface area (Å²) in [6.45, 7) is 11.7. The van der Waals surface area contributed by atoms with Crippen molar-refractivity contribution in [2.24, 2.45) is 5.41 Å². The topological polar surface area (TPSA) is 33.0 Å². The molecule has 18 heavy (non-hydrogen) atoms. The quantitative estimate of drug-likeness (QED) is 0.797. The van der Waals surface area contributed by atoms with Crippen LogP contribution in [-0.4, -0.2) is 13.2 Å². The minimum Gasteiger partial charge on any atom is -0.379 e. The fraction of sp³-hybridized carbons (Fsp3) is 0.562. The number of ether oxygens (including phenoxy) is 1. The molecule has 2 nitrogen and oxygen atoms in total. The van der Waals surface area contributed by atoms with Crippen molar-refractivity contribution in [1.82, 2.24) is 0 Å². The average Bonchev–Trinajstić information content (AvgIpc) is 2.23. The van der Waals surface area contributed by atoms with Crippen LogP contribution < -0.4 is 0 Å². The number of hydrogen-bond donors (Lipinski definition) is 0. The van der Waals surface area contributed by atoms with Crippen molar-refractivity contribution in [1.29, 1.82) is 5.26 Å². The molecule has 1 aromatic rings. The van der Waals surface area contributed by atoms with Crippen molar-refractivity contribution in [3.05, 3.63) is 34.4 Å². The van der Waals surface area contributed by atoms with Gasteiger partial charge in [-0.1, -0.05) is 12.1 Å². The van der Waals surface area contributed by atoms with Crippen LogP contribution in [0.25, 0.3) is 0 Å². The summed E-state index contributed by atoms with van der Waals surface area (Å²) in [5.41, 5.74) is 4.59. The third-order valence-electron chi connectivity index (χ3n) is 4.53. The van der Waals surface area contributed by atoms with Crippen molar-refractivity contribution in [2.45, 2.75) is 40.0 Å². The van der Waals surface area contributed by atoms with E-state index in [9.17, 15) is 5.26 Å². The lowest BCUT2D eigenvalue weighted by Gasteiger charge is -2.50.